The van der Waals surface area contributed by atoms with Crippen LogP contribution in [-0.4, -0.2) is 24.3 Å². The van der Waals surface area contributed by atoms with Crippen molar-refractivity contribution in [3.05, 3.63) is 0 Å². The van der Waals surface area contributed by atoms with E-state index >= 15 is 0 Å². The fourth-order valence-corrected chi connectivity index (χ4v) is 6.12. The van der Waals surface area contributed by atoms with Crippen LogP contribution in [0.4, 0.5) is 0 Å². The maximum absolute atomic E-state index is 11.9. The number of hydrogen-bond acceptors (Lipinski definition) is 3. The van der Waals surface area contributed by atoms with E-state index in [-0.39, 0.29) is 5.97 Å². The summed E-state index contributed by atoms with van der Waals surface area (Å²) in [5.41, 5.74) is 0. The van der Waals surface area contributed by atoms with Crippen molar-refractivity contribution in [3.8, 4) is 0 Å². The SMILES string of the molecule is CCCCCCCCCCCC(=O)OCCCCCCCCCCCCCCCCCCCCCCCCCCCO. The molecule has 0 unspecified atom stereocenters. The third kappa shape index (κ3) is 37.5. The maximum Gasteiger partial charge on any atom is 0.305 e. The molecule has 0 spiro atoms. The highest BCUT2D eigenvalue weighted by Crippen LogP contribution is 2.16. The number of unbranched alkanes of at least 4 members (excludes halogenated alkanes) is 32. The van der Waals surface area contributed by atoms with E-state index in [2.05, 4.69) is 6.92 Å². The lowest BCUT2D eigenvalue weighted by molar-refractivity contribution is -0.143. The van der Waals surface area contributed by atoms with Gasteiger partial charge < -0.3 is 9.84 Å². The zero-order chi connectivity index (χ0) is 30.4. The summed E-state index contributed by atoms with van der Waals surface area (Å²) >= 11 is 0. The summed E-state index contributed by atoms with van der Waals surface area (Å²) in [6.07, 6.45) is 46.3. The lowest BCUT2D eigenvalue weighted by atomic mass is 10.0. The minimum atomic E-state index is 0.0210. The molecule has 42 heavy (non-hydrogen) atoms. The highest BCUT2D eigenvalue weighted by molar-refractivity contribution is 5.69. The molecule has 0 aliphatic heterocycles. The van der Waals surface area contributed by atoms with E-state index in [4.69, 9.17) is 9.84 Å². The van der Waals surface area contributed by atoms with Crippen LogP contribution in [0.2, 0.25) is 0 Å². The molecule has 0 heterocycles. The lowest BCUT2D eigenvalue weighted by Gasteiger charge is -2.06. The molecule has 0 saturated carbocycles. The number of ether oxygens (including phenoxy) is 1. The highest BCUT2D eigenvalue weighted by Gasteiger charge is 2.03. The van der Waals surface area contributed by atoms with Gasteiger partial charge in [0.15, 0.2) is 0 Å². The summed E-state index contributed by atoms with van der Waals surface area (Å²) in [5.74, 6) is 0.0210. The Labute approximate surface area is 265 Å². The average molecular weight is 595 g/mol. The fraction of sp³-hybridized carbons (Fsp3) is 0.974. The molecule has 0 amide bonds. The van der Waals surface area contributed by atoms with Crippen LogP contribution in [0.3, 0.4) is 0 Å². The summed E-state index contributed by atoms with van der Waals surface area (Å²) in [4.78, 5) is 11.9. The van der Waals surface area contributed by atoms with Gasteiger partial charge >= 0.3 is 5.97 Å². The molecule has 0 aromatic heterocycles. The number of carbonyl (C=O) groups excluding carboxylic acids is 1. The Bertz CT molecular complexity index is 492. The molecule has 0 bridgehead atoms. The monoisotopic (exact) mass is 595 g/mol. The molecule has 0 fully saturated rings. The first-order valence-corrected chi connectivity index (χ1v) is 19.6. The van der Waals surface area contributed by atoms with Gasteiger partial charge in [-0.3, -0.25) is 4.79 Å². The van der Waals surface area contributed by atoms with Crippen molar-refractivity contribution in [1.82, 2.24) is 0 Å². The number of rotatable bonds is 37. The third-order valence-corrected chi connectivity index (χ3v) is 9.05. The zero-order valence-electron chi connectivity index (χ0n) is 28.9. The van der Waals surface area contributed by atoms with E-state index in [0.717, 1.165) is 19.3 Å². The van der Waals surface area contributed by atoms with Crippen LogP contribution in [-0.2, 0) is 9.53 Å². The number of esters is 1. The van der Waals surface area contributed by atoms with Crippen LogP contribution in [0.25, 0.3) is 0 Å². The largest absolute Gasteiger partial charge is 0.466 e. The molecule has 3 nitrogen and oxygen atoms in total. The average Bonchev–Trinajstić information content (AvgIpc) is 3.00. The predicted molar refractivity (Wildman–Crippen MR) is 185 cm³/mol. The first kappa shape index (κ1) is 41.4. The van der Waals surface area contributed by atoms with E-state index in [1.807, 2.05) is 0 Å². The Morgan fingerprint density at radius 2 is 0.643 bits per heavy atom. The van der Waals surface area contributed by atoms with Crippen LogP contribution < -0.4 is 0 Å². The summed E-state index contributed by atoms with van der Waals surface area (Å²) in [6, 6.07) is 0. The minimum absolute atomic E-state index is 0.0210. The molecular weight excluding hydrogens is 516 g/mol. The highest BCUT2D eigenvalue weighted by atomic mass is 16.5. The Morgan fingerprint density at radius 1 is 0.381 bits per heavy atom. The van der Waals surface area contributed by atoms with Gasteiger partial charge in [0.2, 0.25) is 0 Å². The molecule has 0 radical (unpaired) electrons. The normalized spacial score (nSPS) is 11.4. The molecule has 0 aromatic rings. The second-order valence-electron chi connectivity index (χ2n) is 13.4. The Kier molecular flexibility index (Phi) is 37.9. The summed E-state index contributed by atoms with van der Waals surface area (Å²) < 4.78 is 5.43. The smallest absolute Gasteiger partial charge is 0.305 e. The summed E-state index contributed by atoms with van der Waals surface area (Å²) in [7, 11) is 0. The van der Waals surface area contributed by atoms with Gasteiger partial charge in [-0.1, -0.05) is 206 Å². The van der Waals surface area contributed by atoms with E-state index in [1.54, 1.807) is 0 Å². The van der Waals surface area contributed by atoms with Gasteiger partial charge in [-0.15, -0.1) is 0 Å². The first-order chi connectivity index (χ1) is 20.8. The fourth-order valence-electron chi connectivity index (χ4n) is 6.12. The van der Waals surface area contributed by atoms with Crippen LogP contribution in [0.5, 0.6) is 0 Å². The third-order valence-electron chi connectivity index (χ3n) is 9.05. The quantitative estimate of drug-likeness (QED) is 0.0575. The van der Waals surface area contributed by atoms with Crippen LogP contribution in [0, 0.1) is 0 Å². The molecular formula is C39H78O3. The van der Waals surface area contributed by atoms with Gasteiger partial charge in [-0.25, -0.2) is 0 Å². The van der Waals surface area contributed by atoms with Gasteiger partial charge in [0.25, 0.3) is 0 Å². The van der Waals surface area contributed by atoms with Crippen molar-refractivity contribution in [3.63, 3.8) is 0 Å². The van der Waals surface area contributed by atoms with Crippen LogP contribution >= 0.6 is 0 Å². The number of aliphatic hydroxyl groups excluding tert-OH is 1. The van der Waals surface area contributed by atoms with Gasteiger partial charge in [-0.05, 0) is 19.3 Å². The molecule has 1 N–H and O–H groups in total. The van der Waals surface area contributed by atoms with Gasteiger partial charge in [0, 0.05) is 13.0 Å². The van der Waals surface area contributed by atoms with Crippen molar-refractivity contribution in [2.45, 2.75) is 232 Å². The van der Waals surface area contributed by atoms with Gasteiger partial charge in [-0.2, -0.15) is 0 Å². The minimum Gasteiger partial charge on any atom is -0.466 e. The van der Waals surface area contributed by atoms with Crippen LogP contribution in [0.1, 0.15) is 232 Å². The molecule has 0 atom stereocenters. The van der Waals surface area contributed by atoms with Crippen molar-refractivity contribution >= 4 is 5.97 Å². The van der Waals surface area contributed by atoms with Crippen molar-refractivity contribution in [2.24, 2.45) is 0 Å². The van der Waals surface area contributed by atoms with Crippen molar-refractivity contribution in [2.75, 3.05) is 13.2 Å². The van der Waals surface area contributed by atoms with E-state index < -0.39 is 0 Å². The van der Waals surface area contributed by atoms with Gasteiger partial charge in [0.1, 0.15) is 0 Å². The first-order valence-electron chi connectivity index (χ1n) is 19.6. The van der Waals surface area contributed by atoms with E-state index in [9.17, 15) is 4.79 Å². The second-order valence-corrected chi connectivity index (χ2v) is 13.4. The standard InChI is InChI=1S/C39H78O3/c1-2-3-4-5-6-24-27-30-33-36-39(41)42-38-35-32-29-26-23-21-19-17-15-13-11-9-7-8-10-12-14-16-18-20-22-25-28-31-34-37-40/h40H,2-38H2,1H3. The van der Waals surface area contributed by atoms with Crippen molar-refractivity contribution < 1.29 is 14.6 Å². The number of hydrogen-bond donors (Lipinski definition) is 1. The maximum atomic E-state index is 11.9. The molecule has 0 aliphatic rings. The Balaban J connectivity index is 3.11. The number of carbonyl (C=O) groups is 1. The molecule has 252 valence electrons. The predicted octanol–water partition coefficient (Wildman–Crippen LogP) is 13.2. The molecule has 0 aromatic carbocycles. The van der Waals surface area contributed by atoms with Crippen molar-refractivity contribution in [1.29, 1.82) is 0 Å². The summed E-state index contributed by atoms with van der Waals surface area (Å²) in [5, 5.41) is 8.79. The molecule has 3 heteroatoms. The Hall–Kier alpha value is -0.570. The summed E-state index contributed by atoms with van der Waals surface area (Å²) in [6.45, 7) is 3.26. The van der Waals surface area contributed by atoms with E-state index in [0.29, 0.717) is 19.6 Å². The van der Waals surface area contributed by atoms with Crippen LogP contribution in [0.15, 0.2) is 0 Å². The zero-order valence-corrected chi connectivity index (χ0v) is 28.9. The Morgan fingerprint density at radius 3 is 0.952 bits per heavy atom. The lowest BCUT2D eigenvalue weighted by Crippen LogP contribution is -2.05. The topological polar surface area (TPSA) is 46.5 Å². The molecule has 0 aliphatic carbocycles. The second kappa shape index (κ2) is 38.5. The number of aliphatic hydroxyl groups is 1. The van der Waals surface area contributed by atoms with E-state index in [1.165, 1.54) is 199 Å². The molecule has 0 saturated heterocycles. The molecule has 0 rings (SSSR count). The van der Waals surface area contributed by atoms with Gasteiger partial charge in [0.05, 0.1) is 6.61 Å².